The fraction of sp³-hybridized carbons (Fsp3) is 0.273. The highest BCUT2D eigenvalue weighted by molar-refractivity contribution is 7.16. The monoisotopic (exact) mass is 454 g/mol. The molecule has 1 N–H and O–H groups in total. The number of anilines is 1. The number of nitrogens with zero attached hydrogens (tertiary/aromatic N) is 3. The highest BCUT2D eigenvalue weighted by atomic mass is 32.1. The van der Waals surface area contributed by atoms with Crippen molar-refractivity contribution >= 4 is 28.1 Å². The van der Waals surface area contributed by atoms with Gasteiger partial charge in [-0.05, 0) is 6.07 Å². The minimum absolute atomic E-state index is 0.0461. The van der Waals surface area contributed by atoms with Gasteiger partial charge in [0.2, 0.25) is 0 Å². The average Bonchev–Trinajstić information content (AvgIpc) is 3.21. The molecule has 0 aliphatic carbocycles. The quantitative estimate of drug-likeness (QED) is 0.410. The molecule has 1 fully saturated rings. The number of carbonyl (C=O) groups is 1. The number of nitrogens with one attached hydrogen (secondary N) is 1. The van der Waals surface area contributed by atoms with Crippen molar-refractivity contribution < 1.29 is 19.2 Å². The van der Waals surface area contributed by atoms with Crippen LogP contribution in [-0.2, 0) is 16.1 Å². The minimum atomic E-state index is -0.544. The van der Waals surface area contributed by atoms with Gasteiger partial charge in [-0.25, -0.2) is 4.98 Å². The lowest BCUT2D eigenvalue weighted by atomic mass is 10.1. The Morgan fingerprint density at radius 3 is 2.62 bits per heavy atom. The van der Waals surface area contributed by atoms with Crippen LogP contribution in [-0.4, -0.2) is 53.6 Å². The van der Waals surface area contributed by atoms with Gasteiger partial charge in [-0.15, -0.1) is 0 Å². The van der Waals surface area contributed by atoms with Crippen LogP contribution < -0.4 is 10.1 Å². The van der Waals surface area contributed by atoms with Gasteiger partial charge in [-0.3, -0.25) is 25.1 Å². The number of carbonyl (C=O) groups excluding carboxylic acids is 1. The van der Waals surface area contributed by atoms with Gasteiger partial charge < -0.3 is 9.47 Å². The number of hydrogen-bond acceptors (Lipinski definition) is 8. The molecule has 0 saturated carbocycles. The Morgan fingerprint density at radius 1 is 1.16 bits per heavy atom. The van der Waals surface area contributed by atoms with Gasteiger partial charge in [0.1, 0.15) is 0 Å². The van der Waals surface area contributed by atoms with Crippen molar-refractivity contribution in [3.05, 3.63) is 69.6 Å². The van der Waals surface area contributed by atoms with E-state index in [9.17, 15) is 14.9 Å². The van der Waals surface area contributed by atoms with Crippen molar-refractivity contribution in [2.45, 2.75) is 6.54 Å². The molecule has 1 saturated heterocycles. The standard InChI is InChI=1S/C22H22N4O5S/c27-20(15-31-18-9-5-4-8-17(18)26(28)29)23-22-24-21(16-6-2-1-3-7-16)19(32-22)14-25-10-12-30-13-11-25/h1-9H,10-15H2,(H,23,24,27). The zero-order valence-corrected chi connectivity index (χ0v) is 18.0. The molecule has 4 rings (SSSR count). The first-order valence-corrected chi connectivity index (χ1v) is 10.9. The smallest absolute Gasteiger partial charge is 0.310 e. The number of rotatable bonds is 8. The molecular weight excluding hydrogens is 432 g/mol. The normalized spacial score (nSPS) is 14.1. The van der Waals surface area contributed by atoms with Crippen LogP contribution in [0.3, 0.4) is 0 Å². The van der Waals surface area contributed by atoms with E-state index < -0.39 is 10.8 Å². The predicted octanol–water partition coefficient (Wildman–Crippen LogP) is 3.57. The molecule has 1 aromatic heterocycles. The molecule has 10 heteroatoms. The molecule has 9 nitrogen and oxygen atoms in total. The summed E-state index contributed by atoms with van der Waals surface area (Å²) in [5.41, 5.74) is 1.62. The third kappa shape index (κ3) is 5.47. The van der Waals surface area contributed by atoms with E-state index in [1.165, 1.54) is 23.5 Å². The van der Waals surface area contributed by atoms with Crippen LogP contribution in [0.25, 0.3) is 11.3 Å². The maximum absolute atomic E-state index is 12.4. The topological polar surface area (TPSA) is 107 Å². The first-order chi connectivity index (χ1) is 15.6. The van der Waals surface area contributed by atoms with Crippen LogP contribution in [0.2, 0.25) is 0 Å². The lowest BCUT2D eigenvalue weighted by Gasteiger charge is -2.26. The molecule has 0 spiro atoms. The fourth-order valence-corrected chi connectivity index (χ4v) is 4.37. The second-order valence-electron chi connectivity index (χ2n) is 7.11. The number of ether oxygens (including phenoxy) is 2. The third-order valence-electron chi connectivity index (χ3n) is 4.88. The van der Waals surface area contributed by atoms with Crippen LogP contribution in [0.1, 0.15) is 4.88 Å². The summed E-state index contributed by atoms with van der Waals surface area (Å²) < 4.78 is 10.8. The van der Waals surface area contributed by atoms with Gasteiger partial charge in [0.05, 0.1) is 23.8 Å². The molecule has 0 unspecified atom stereocenters. The van der Waals surface area contributed by atoms with Crippen LogP contribution in [0.4, 0.5) is 10.8 Å². The minimum Gasteiger partial charge on any atom is -0.477 e. The Bertz CT molecular complexity index is 1080. The maximum atomic E-state index is 12.4. The molecule has 1 aliphatic rings. The number of hydrogen-bond donors (Lipinski definition) is 1. The number of aromatic nitrogens is 1. The number of para-hydroxylation sites is 2. The van der Waals surface area contributed by atoms with E-state index in [0.717, 1.165) is 29.2 Å². The van der Waals surface area contributed by atoms with Gasteiger partial charge in [-0.1, -0.05) is 53.8 Å². The number of morpholine rings is 1. The summed E-state index contributed by atoms with van der Waals surface area (Å²) in [6, 6.07) is 15.8. The third-order valence-corrected chi connectivity index (χ3v) is 5.84. The zero-order chi connectivity index (χ0) is 22.3. The van der Waals surface area contributed by atoms with E-state index in [4.69, 9.17) is 9.47 Å². The largest absolute Gasteiger partial charge is 0.477 e. The van der Waals surface area contributed by atoms with Crippen molar-refractivity contribution in [3.63, 3.8) is 0 Å². The lowest BCUT2D eigenvalue weighted by molar-refractivity contribution is -0.385. The Labute approximate surface area is 188 Å². The van der Waals surface area contributed by atoms with Crippen molar-refractivity contribution in [1.82, 2.24) is 9.88 Å². The molecule has 0 bridgehead atoms. The van der Waals surface area contributed by atoms with Crippen LogP contribution >= 0.6 is 11.3 Å². The number of nitro benzene ring substituents is 1. The molecule has 32 heavy (non-hydrogen) atoms. The van der Waals surface area contributed by atoms with Gasteiger partial charge in [-0.2, -0.15) is 0 Å². The summed E-state index contributed by atoms with van der Waals surface area (Å²) in [4.78, 5) is 31.0. The first kappa shape index (κ1) is 21.9. The molecule has 0 radical (unpaired) electrons. The van der Waals surface area contributed by atoms with E-state index in [2.05, 4.69) is 15.2 Å². The second-order valence-corrected chi connectivity index (χ2v) is 8.19. The molecule has 1 aliphatic heterocycles. The van der Waals surface area contributed by atoms with Gasteiger partial charge in [0.15, 0.2) is 17.5 Å². The summed E-state index contributed by atoms with van der Waals surface area (Å²) in [5.74, 6) is -0.390. The number of benzene rings is 2. The predicted molar refractivity (Wildman–Crippen MR) is 121 cm³/mol. The van der Waals surface area contributed by atoms with Crippen molar-refractivity contribution in [2.24, 2.45) is 0 Å². The molecular formula is C22H22N4O5S. The average molecular weight is 455 g/mol. The van der Waals surface area contributed by atoms with Crippen molar-refractivity contribution in [2.75, 3.05) is 38.2 Å². The SMILES string of the molecule is O=C(COc1ccccc1[N+](=O)[O-])Nc1nc(-c2ccccc2)c(CN2CCOCC2)s1. The molecule has 2 aromatic carbocycles. The zero-order valence-electron chi connectivity index (χ0n) is 17.2. The summed E-state index contributed by atoms with van der Waals surface area (Å²) in [5, 5.41) is 14.3. The lowest BCUT2D eigenvalue weighted by Crippen LogP contribution is -2.35. The van der Waals surface area contributed by atoms with E-state index in [1.54, 1.807) is 12.1 Å². The Kier molecular flexibility index (Phi) is 7.05. The van der Waals surface area contributed by atoms with Crippen LogP contribution in [0.15, 0.2) is 54.6 Å². The van der Waals surface area contributed by atoms with Crippen molar-refractivity contribution in [3.8, 4) is 17.0 Å². The molecule has 3 aromatic rings. The fourth-order valence-electron chi connectivity index (χ4n) is 3.33. The van der Waals surface area contributed by atoms with E-state index in [-0.39, 0.29) is 18.0 Å². The molecule has 1 amide bonds. The Hall–Kier alpha value is -3.34. The Morgan fingerprint density at radius 2 is 1.88 bits per heavy atom. The molecule has 0 atom stereocenters. The van der Waals surface area contributed by atoms with E-state index >= 15 is 0 Å². The van der Waals surface area contributed by atoms with E-state index in [1.807, 2.05) is 30.3 Å². The number of nitro groups is 1. The second kappa shape index (κ2) is 10.3. The summed E-state index contributed by atoms with van der Waals surface area (Å²) in [6.45, 7) is 3.45. The van der Waals surface area contributed by atoms with Gasteiger partial charge in [0, 0.05) is 36.1 Å². The summed E-state index contributed by atoms with van der Waals surface area (Å²) in [6.07, 6.45) is 0. The summed E-state index contributed by atoms with van der Waals surface area (Å²) >= 11 is 1.42. The molecule has 166 valence electrons. The number of thiazole rings is 1. The van der Waals surface area contributed by atoms with Crippen molar-refractivity contribution in [1.29, 1.82) is 0 Å². The summed E-state index contributed by atoms with van der Waals surface area (Å²) in [7, 11) is 0. The van der Waals surface area contributed by atoms with Crippen LogP contribution in [0, 0.1) is 10.1 Å². The van der Waals surface area contributed by atoms with Crippen LogP contribution in [0.5, 0.6) is 5.75 Å². The van der Waals surface area contributed by atoms with Gasteiger partial charge in [0.25, 0.3) is 5.91 Å². The van der Waals surface area contributed by atoms with E-state index in [0.29, 0.717) is 24.9 Å². The number of amides is 1. The van der Waals surface area contributed by atoms with Gasteiger partial charge >= 0.3 is 5.69 Å². The Balaban J connectivity index is 1.47. The molecule has 2 heterocycles. The maximum Gasteiger partial charge on any atom is 0.310 e. The highest BCUT2D eigenvalue weighted by Crippen LogP contribution is 2.32. The highest BCUT2D eigenvalue weighted by Gasteiger charge is 2.20. The first-order valence-electron chi connectivity index (χ1n) is 10.1.